The number of halogens is 2. The van der Waals surface area contributed by atoms with Crippen LogP contribution in [0.5, 0.6) is 0 Å². The summed E-state index contributed by atoms with van der Waals surface area (Å²) in [7, 11) is 0. The first-order chi connectivity index (χ1) is 10.7. The molecule has 114 valence electrons. The van der Waals surface area contributed by atoms with Gasteiger partial charge in [-0.05, 0) is 66.9 Å². The summed E-state index contributed by atoms with van der Waals surface area (Å²) < 4.78 is 33.3. The Morgan fingerprint density at radius 2 is 1.64 bits per heavy atom. The second-order valence-corrected chi connectivity index (χ2v) is 6.03. The minimum Gasteiger partial charge on any atom is -0.358 e. The van der Waals surface area contributed by atoms with Crippen LogP contribution in [0.15, 0.2) is 42.5 Å². The summed E-state index contributed by atoms with van der Waals surface area (Å²) in [5.74, 6) is -0.502. The highest BCUT2D eigenvalue weighted by molar-refractivity contribution is 5.44. The van der Waals surface area contributed by atoms with Crippen molar-refractivity contribution in [3.8, 4) is 0 Å². The van der Waals surface area contributed by atoms with Gasteiger partial charge in [0.25, 0.3) is 0 Å². The molecule has 0 bridgehead atoms. The van der Waals surface area contributed by atoms with Gasteiger partial charge in [-0.2, -0.15) is 0 Å². The molecule has 0 aliphatic carbocycles. The molecular weight excluding hydrogens is 284 g/mol. The number of ether oxygens (including phenoxy) is 1. The lowest BCUT2D eigenvalue weighted by Crippen LogP contribution is -2.39. The fourth-order valence-electron chi connectivity index (χ4n) is 3.61. The Labute approximate surface area is 128 Å². The highest BCUT2D eigenvalue weighted by atomic mass is 19.1. The lowest BCUT2D eigenvalue weighted by molar-refractivity contribution is -0.0799. The molecule has 2 aromatic rings. The summed E-state index contributed by atoms with van der Waals surface area (Å²) >= 11 is 0. The summed E-state index contributed by atoms with van der Waals surface area (Å²) in [4.78, 5) is 0. The molecule has 1 atom stereocenters. The van der Waals surface area contributed by atoms with Gasteiger partial charge in [0.1, 0.15) is 17.7 Å². The molecule has 4 rings (SSSR count). The van der Waals surface area contributed by atoms with E-state index in [1.54, 1.807) is 24.3 Å². The number of rotatable bonds is 1. The van der Waals surface area contributed by atoms with Crippen molar-refractivity contribution in [1.29, 1.82) is 0 Å². The van der Waals surface area contributed by atoms with Crippen molar-refractivity contribution in [2.45, 2.75) is 24.5 Å². The van der Waals surface area contributed by atoms with Crippen molar-refractivity contribution >= 4 is 0 Å². The van der Waals surface area contributed by atoms with Crippen LogP contribution >= 0.6 is 0 Å². The molecule has 2 heterocycles. The summed E-state index contributed by atoms with van der Waals surface area (Å²) in [5, 5.41) is 3.32. The topological polar surface area (TPSA) is 21.3 Å². The fourth-order valence-corrected chi connectivity index (χ4v) is 3.61. The zero-order valence-electron chi connectivity index (χ0n) is 12.1. The summed E-state index contributed by atoms with van der Waals surface area (Å²) in [6.07, 6.45) is 1.39. The SMILES string of the molecule is Fc1ccc(C2OC3(CCNCC3)c3cc(F)ccc32)cc1. The standard InChI is InChI=1S/C18H17F2NO/c19-13-3-1-12(2-4-13)17-15-6-5-14(20)11-16(15)18(22-17)7-9-21-10-8-18/h1-6,11,17,21H,7-10H2. The van der Waals surface area contributed by atoms with Crippen LogP contribution in [0.3, 0.4) is 0 Å². The lowest BCUT2D eigenvalue weighted by Gasteiger charge is -2.34. The number of nitrogens with one attached hydrogen (secondary N) is 1. The molecule has 1 spiro atoms. The predicted octanol–water partition coefficient (Wildman–Crippen LogP) is 3.66. The summed E-state index contributed by atoms with van der Waals surface area (Å²) in [6, 6.07) is 11.2. The molecule has 1 unspecified atom stereocenters. The number of benzene rings is 2. The van der Waals surface area contributed by atoms with Crippen molar-refractivity contribution in [2.75, 3.05) is 13.1 Å². The largest absolute Gasteiger partial charge is 0.358 e. The molecular formula is C18H17F2NO. The smallest absolute Gasteiger partial charge is 0.123 e. The number of fused-ring (bicyclic) bond motifs is 2. The van der Waals surface area contributed by atoms with Gasteiger partial charge in [-0.25, -0.2) is 8.78 Å². The van der Waals surface area contributed by atoms with E-state index >= 15 is 0 Å². The monoisotopic (exact) mass is 301 g/mol. The Kier molecular flexibility index (Phi) is 3.24. The first-order valence-corrected chi connectivity index (χ1v) is 7.62. The van der Waals surface area contributed by atoms with Crippen molar-refractivity contribution < 1.29 is 13.5 Å². The second kappa shape index (κ2) is 5.14. The van der Waals surface area contributed by atoms with Gasteiger partial charge in [-0.15, -0.1) is 0 Å². The normalized spacial score (nSPS) is 22.7. The van der Waals surface area contributed by atoms with Crippen LogP contribution in [0.1, 0.15) is 35.6 Å². The van der Waals surface area contributed by atoms with Gasteiger partial charge in [0.2, 0.25) is 0 Å². The van der Waals surface area contributed by atoms with Crippen LogP contribution in [0, 0.1) is 11.6 Å². The van der Waals surface area contributed by atoms with Crippen LogP contribution in [-0.2, 0) is 10.3 Å². The number of hydrogen-bond donors (Lipinski definition) is 1. The predicted molar refractivity (Wildman–Crippen MR) is 79.5 cm³/mol. The third-order valence-electron chi connectivity index (χ3n) is 4.72. The number of hydrogen-bond acceptors (Lipinski definition) is 2. The summed E-state index contributed by atoms with van der Waals surface area (Å²) in [5.41, 5.74) is 2.42. The molecule has 1 N–H and O–H groups in total. The van der Waals surface area contributed by atoms with Crippen LogP contribution in [0.2, 0.25) is 0 Å². The van der Waals surface area contributed by atoms with E-state index in [2.05, 4.69) is 5.32 Å². The van der Waals surface area contributed by atoms with Crippen molar-refractivity contribution in [1.82, 2.24) is 5.32 Å². The van der Waals surface area contributed by atoms with Crippen LogP contribution in [0.25, 0.3) is 0 Å². The Morgan fingerprint density at radius 3 is 2.36 bits per heavy atom. The van der Waals surface area contributed by atoms with Gasteiger partial charge in [0, 0.05) is 0 Å². The minimum atomic E-state index is -0.429. The molecule has 0 saturated carbocycles. The molecule has 4 heteroatoms. The third kappa shape index (κ3) is 2.14. The highest BCUT2D eigenvalue weighted by Gasteiger charge is 2.46. The van der Waals surface area contributed by atoms with E-state index in [4.69, 9.17) is 4.74 Å². The lowest BCUT2D eigenvalue weighted by atomic mass is 9.83. The molecule has 1 saturated heterocycles. The van der Waals surface area contributed by atoms with Crippen molar-refractivity contribution in [3.63, 3.8) is 0 Å². The maximum Gasteiger partial charge on any atom is 0.123 e. The second-order valence-electron chi connectivity index (χ2n) is 6.03. The van der Waals surface area contributed by atoms with Gasteiger partial charge in [0.05, 0.1) is 5.60 Å². The Morgan fingerprint density at radius 1 is 0.955 bits per heavy atom. The van der Waals surface area contributed by atoms with E-state index in [1.165, 1.54) is 18.2 Å². The first-order valence-electron chi connectivity index (χ1n) is 7.62. The molecule has 2 aliphatic heterocycles. The van der Waals surface area contributed by atoms with Gasteiger partial charge in [-0.1, -0.05) is 18.2 Å². The average molecular weight is 301 g/mol. The minimum absolute atomic E-state index is 0.236. The van der Waals surface area contributed by atoms with Crippen LogP contribution in [-0.4, -0.2) is 13.1 Å². The molecule has 22 heavy (non-hydrogen) atoms. The molecule has 1 fully saturated rings. The zero-order chi connectivity index (χ0) is 15.2. The first kappa shape index (κ1) is 13.9. The molecule has 2 nitrogen and oxygen atoms in total. The van der Waals surface area contributed by atoms with Gasteiger partial charge >= 0.3 is 0 Å². The van der Waals surface area contributed by atoms with E-state index < -0.39 is 5.60 Å². The fraction of sp³-hybridized carbons (Fsp3) is 0.333. The molecule has 2 aliphatic rings. The van der Waals surface area contributed by atoms with E-state index in [9.17, 15) is 8.78 Å². The van der Waals surface area contributed by atoms with Crippen LogP contribution < -0.4 is 5.32 Å². The highest BCUT2D eigenvalue weighted by Crippen LogP contribution is 2.50. The quantitative estimate of drug-likeness (QED) is 0.868. The van der Waals surface area contributed by atoms with Crippen molar-refractivity contribution in [3.05, 3.63) is 70.8 Å². The molecule has 0 radical (unpaired) electrons. The maximum atomic E-state index is 13.8. The van der Waals surface area contributed by atoms with Gasteiger partial charge in [0.15, 0.2) is 0 Å². The van der Waals surface area contributed by atoms with E-state index in [-0.39, 0.29) is 17.7 Å². The van der Waals surface area contributed by atoms with E-state index in [0.29, 0.717) is 0 Å². The Balaban J connectivity index is 1.81. The average Bonchev–Trinajstić information content (AvgIpc) is 2.83. The van der Waals surface area contributed by atoms with Crippen LogP contribution in [0.4, 0.5) is 8.78 Å². The van der Waals surface area contributed by atoms with Gasteiger partial charge < -0.3 is 10.1 Å². The van der Waals surface area contributed by atoms with Crippen molar-refractivity contribution in [2.24, 2.45) is 0 Å². The summed E-state index contributed by atoms with van der Waals surface area (Å²) in [6.45, 7) is 1.71. The molecule has 0 aromatic heterocycles. The van der Waals surface area contributed by atoms with E-state index in [1.807, 2.05) is 0 Å². The Hall–Kier alpha value is -1.78. The van der Waals surface area contributed by atoms with Gasteiger partial charge in [-0.3, -0.25) is 0 Å². The number of piperidine rings is 1. The third-order valence-corrected chi connectivity index (χ3v) is 4.72. The zero-order valence-corrected chi connectivity index (χ0v) is 12.1. The molecule has 2 aromatic carbocycles. The Bertz CT molecular complexity index is 693. The molecule has 0 amide bonds. The van der Waals surface area contributed by atoms with E-state index in [0.717, 1.165) is 42.6 Å². The maximum absolute atomic E-state index is 13.8.